The summed E-state index contributed by atoms with van der Waals surface area (Å²) in [7, 11) is 0. The lowest BCUT2D eigenvalue weighted by Crippen LogP contribution is -2.10. The number of nitrogens with zero attached hydrogens (tertiary/aromatic N) is 5. The molecule has 0 spiro atoms. The number of nitro benzene ring substituents is 1. The molecule has 0 fully saturated rings. The van der Waals surface area contributed by atoms with Crippen LogP contribution in [-0.2, 0) is 5.41 Å². The third-order valence-electron chi connectivity index (χ3n) is 4.85. The minimum absolute atomic E-state index is 0.0220. The molecule has 3 aromatic rings. The smallest absolute Gasteiger partial charge is 0.258 e. The van der Waals surface area contributed by atoms with Gasteiger partial charge in [0.2, 0.25) is 0 Å². The van der Waals surface area contributed by atoms with Crippen molar-refractivity contribution >= 4 is 28.4 Å². The van der Waals surface area contributed by atoms with Crippen molar-refractivity contribution in [2.24, 2.45) is 20.5 Å². The van der Waals surface area contributed by atoms with Gasteiger partial charge in [-0.15, -0.1) is 0 Å². The van der Waals surface area contributed by atoms with Gasteiger partial charge in [-0.3, -0.25) is 10.1 Å². The van der Waals surface area contributed by atoms with Gasteiger partial charge < -0.3 is 0 Å². The zero-order chi connectivity index (χ0) is 22.6. The van der Waals surface area contributed by atoms with E-state index < -0.39 is 4.92 Å². The maximum atomic E-state index is 10.7. The lowest BCUT2D eigenvalue weighted by atomic mass is 9.87. The topological polar surface area (TPSA) is 92.6 Å². The van der Waals surface area contributed by atoms with E-state index in [0.717, 1.165) is 22.5 Å². The first-order chi connectivity index (χ1) is 14.6. The SMILES string of the molecule is Cc1cc(N=Nc2ccc(C(C)(C)C)cc2)c(C)cc1N=Nc1ccc([N+](=O)[O-])cc1. The highest BCUT2D eigenvalue weighted by Crippen LogP contribution is 2.31. The summed E-state index contributed by atoms with van der Waals surface area (Å²) in [5.41, 5.74) is 6.04. The van der Waals surface area contributed by atoms with Crippen molar-refractivity contribution in [1.29, 1.82) is 0 Å². The van der Waals surface area contributed by atoms with E-state index in [1.165, 1.54) is 17.7 Å². The Kier molecular flexibility index (Phi) is 6.34. The van der Waals surface area contributed by atoms with Crippen LogP contribution in [0.3, 0.4) is 0 Å². The van der Waals surface area contributed by atoms with Crippen LogP contribution in [0.15, 0.2) is 81.1 Å². The molecule has 31 heavy (non-hydrogen) atoms. The molecule has 0 amide bonds. The molecule has 0 unspecified atom stereocenters. The summed E-state index contributed by atoms with van der Waals surface area (Å²) in [5, 5.41) is 28.0. The Hall–Kier alpha value is -3.74. The second-order valence-electron chi connectivity index (χ2n) is 8.40. The summed E-state index contributed by atoms with van der Waals surface area (Å²) in [4.78, 5) is 10.3. The fraction of sp³-hybridized carbons (Fsp3) is 0.250. The van der Waals surface area contributed by atoms with Gasteiger partial charge in [0.1, 0.15) is 0 Å². The molecule has 158 valence electrons. The predicted octanol–water partition coefficient (Wildman–Crippen LogP) is 8.34. The molecule has 7 nitrogen and oxygen atoms in total. The largest absolute Gasteiger partial charge is 0.269 e. The highest BCUT2D eigenvalue weighted by atomic mass is 16.6. The number of benzene rings is 3. The molecule has 0 bridgehead atoms. The predicted molar refractivity (Wildman–Crippen MR) is 123 cm³/mol. The van der Waals surface area contributed by atoms with Crippen LogP contribution in [0.25, 0.3) is 0 Å². The number of nitro groups is 1. The monoisotopic (exact) mass is 415 g/mol. The van der Waals surface area contributed by atoms with Crippen LogP contribution in [-0.4, -0.2) is 4.92 Å². The van der Waals surface area contributed by atoms with E-state index in [1.54, 1.807) is 12.1 Å². The number of hydrogen-bond acceptors (Lipinski definition) is 6. The summed E-state index contributed by atoms with van der Waals surface area (Å²) >= 11 is 0. The molecule has 0 aliphatic heterocycles. The number of aryl methyl sites for hydroxylation is 2. The summed E-state index contributed by atoms with van der Waals surface area (Å²) in [6, 6.07) is 17.9. The molecule has 0 saturated heterocycles. The Balaban J connectivity index is 1.77. The van der Waals surface area contributed by atoms with E-state index in [1.807, 2.05) is 38.1 Å². The van der Waals surface area contributed by atoms with Crippen molar-refractivity contribution in [1.82, 2.24) is 0 Å². The van der Waals surface area contributed by atoms with Crippen molar-refractivity contribution in [3.05, 3.63) is 87.5 Å². The van der Waals surface area contributed by atoms with Crippen molar-refractivity contribution in [3.63, 3.8) is 0 Å². The van der Waals surface area contributed by atoms with Gasteiger partial charge in [0, 0.05) is 12.1 Å². The average Bonchev–Trinajstić information content (AvgIpc) is 2.73. The number of azo groups is 2. The molecule has 7 heteroatoms. The van der Waals surface area contributed by atoms with Gasteiger partial charge in [-0.1, -0.05) is 32.9 Å². The molecule has 3 aromatic carbocycles. The second-order valence-corrected chi connectivity index (χ2v) is 8.40. The Morgan fingerprint density at radius 2 is 1.13 bits per heavy atom. The summed E-state index contributed by atoms with van der Waals surface area (Å²) in [5.74, 6) is 0. The average molecular weight is 415 g/mol. The third-order valence-corrected chi connectivity index (χ3v) is 4.85. The molecule has 0 atom stereocenters. The zero-order valence-electron chi connectivity index (χ0n) is 18.3. The first kappa shape index (κ1) is 22.0. The summed E-state index contributed by atoms with van der Waals surface area (Å²) in [6.45, 7) is 10.4. The molecule has 0 radical (unpaired) electrons. The maximum absolute atomic E-state index is 10.7. The standard InChI is InChI=1S/C24H25N5O2/c1-16-15-23(28-26-20-10-12-21(13-11-20)29(30)31)17(2)14-22(16)27-25-19-8-6-18(7-9-19)24(3,4)5/h6-15H,1-5H3. The number of hydrogen-bond donors (Lipinski definition) is 0. The normalized spacial score (nSPS) is 12.0. The Bertz CT molecular complexity index is 1140. The number of non-ortho nitro benzene ring substituents is 1. The minimum atomic E-state index is -0.444. The quantitative estimate of drug-likeness (QED) is 0.238. The van der Waals surface area contributed by atoms with Crippen molar-refractivity contribution in [3.8, 4) is 0 Å². The highest BCUT2D eigenvalue weighted by Gasteiger charge is 2.12. The lowest BCUT2D eigenvalue weighted by molar-refractivity contribution is -0.384. The van der Waals surface area contributed by atoms with Gasteiger partial charge in [0.25, 0.3) is 5.69 Å². The van der Waals surface area contributed by atoms with Crippen molar-refractivity contribution in [2.45, 2.75) is 40.0 Å². The highest BCUT2D eigenvalue weighted by molar-refractivity contribution is 5.59. The molecular formula is C24H25N5O2. The molecule has 0 saturated carbocycles. The van der Waals surface area contributed by atoms with Crippen LogP contribution in [0, 0.1) is 24.0 Å². The van der Waals surface area contributed by atoms with E-state index in [-0.39, 0.29) is 11.1 Å². The number of rotatable bonds is 5. The molecule has 3 rings (SSSR count). The van der Waals surface area contributed by atoms with Crippen LogP contribution in [0.4, 0.5) is 28.4 Å². The van der Waals surface area contributed by atoms with Crippen LogP contribution in [0.5, 0.6) is 0 Å². The van der Waals surface area contributed by atoms with E-state index in [4.69, 9.17) is 0 Å². The third kappa shape index (κ3) is 5.66. The fourth-order valence-corrected chi connectivity index (χ4v) is 2.89. The Morgan fingerprint density at radius 3 is 1.52 bits per heavy atom. The van der Waals surface area contributed by atoms with Gasteiger partial charge in [-0.2, -0.15) is 20.5 Å². The maximum Gasteiger partial charge on any atom is 0.269 e. The summed E-state index contributed by atoms with van der Waals surface area (Å²) in [6.07, 6.45) is 0. The van der Waals surface area contributed by atoms with Crippen LogP contribution in [0.1, 0.15) is 37.5 Å². The first-order valence-electron chi connectivity index (χ1n) is 9.93. The van der Waals surface area contributed by atoms with Crippen molar-refractivity contribution < 1.29 is 4.92 Å². The molecule has 0 heterocycles. The molecular weight excluding hydrogens is 390 g/mol. The molecule has 0 aromatic heterocycles. The second kappa shape index (κ2) is 8.95. The Labute approximate surface area is 181 Å². The van der Waals surface area contributed by atoms with Crippen LogP contribution >= 0.6 is 0 Å². The molecule has 0 aliphatic carbocycles. The van der Waals surface area contributed by atoms with E-state index >= 15 is 0 Å². The van der Waals surface area contributed by atoms with Crippen LogP contribution in [0.2, 0.25) is 0 Å². The fourth-order valence-electron chi connectivity index (χ4n) is 2.89. The molecule has 0 aliphatic rings. The first-order valence-corrected chi connectivity index (χ1v) is 9.93. The lowest BCUT2D eigenvalue weighted by Gasteiger charge is -2.18. The van der Waals surface area contributed by atoms with Gasteiger partial charge in [0.05, 0.1) is 27.7 Å². The zero-order valence-corrected chi connectivity index (χ0v) is 18.3. The minimum Gasteiger partial charge on any atom is -0.258 e. The molecule has 0 N–H and O–H groups in total. The van der Waals surface area contributed by atoms with Gasteiger partial charge in [-0.05, 0) is 72.4 Å². The van der Waals surface area contributed by atoms with Gasteiger partial charge >= 0.3 is 0 Å². The van der Waals surface area contributed by atoms with E-state index in [0.29, 0.717) is 11.4 Å². The van der Waals surface area contributed by atoms with Gasteiger partial charge in [0.15, 0.2) is 0 Å². The van der Waals surface area contributed by atoms with E-state index in [9.17, 15) is 10.1 Å². The van der Waals surface area contributed by atoms with Gasteiger partial charge in [-0.25, -0.2) is 0 Å². The van der Waals surface area contributed by atoms with E-state index in [2.05, 4.69) is 53.4 Å². The summed E-state index contributed by atoms with van der Waals surface area (Å²) < 4.78 is 0. The Morgan fingerprint density at radius 1 is 0.710 bits per heavy atom. The van der Waals surface area contributed by atoms with Crippen LogP contribution < -0.4 is 0 Å². The van der Waals surface area contributed by atoms with Crippen molar-refractivity contribution in [2.75, 3.05) is 0 Å².